The topological polar surface area (TPSA) is 69.6 Å². The molecule has 132 valence electrons. The van der Waals surface area contributed by atoms with Crippen LogP contribution < -0.4 is 5.73 Å². The van der Waals surface area contributed by atoms with Crippen LogP contribution in [0.1, 0.15) is 56.4 Å². The zero-order valence-electron chi connectivity index (χ0n) is 15.8. The van der Waals surface area contributed by atoms with Gasteiger partial charge in [-0.15, -0.1) is 0 Å². The standard InChI is InChI=1S/C20H27N5/c1-6-13(7-2)19-15-9-12(4)18(23-20(15)25(5)24-19)16-11-22-17(21)10-14(16)8-3/h9-11,13H,6-8H2,1-5H3,(H2,21,22). The lowest BCUT2D eigenvalue weighted by Gasteiger charge is -2.12. The van der Waals surface area contributed by atoms with E-state index in [1.54, 1.807) is 0 Å². The van der Waals surface area contributed by atoms with Gasteiger partial charge in [-0.1, -0.05) is 20.8 Å². The predicted molar refractivity (Wildman–Crippen MR) is 104 cm³/mol. The van der Waals surface area contributed by atoms with Gasteiger partial charge in [0, 0.05) is 30.1 Å². The molecule has 25 heavy (non-hydrogen) atoms. The van der Waals surface area contributed by atoms with Crippen molar-refractivity contribution in [3.05, 3.63) is 35.2 Å². The molecule has 3 heterocycles. The van der Waals surface area contributed by atoms with Gasteiger partial charge in [0.15, 0.2) is 5.65 Å². The summed E-state index contributed by atoms with van der Waals surface area (Å²) in [4.78, 5) is 9.26. The van der Waals surface area contributed by atoms with Crippen molar-refractivity contribution in [2.24, 2.45) is 7.05 Å². The van der Waals surface area contributed by atoms with Crippen LogP contribution in [0.3, 0.4) is 0 Å². The van der Waals surface area contributed by atoms with Crippen LogP contribution in [0.15, 0.2) is 18.3 Å². The van der Waals surface area contributed by atoms with Gasteiger partial charge in [0.2, 0.25) is 0 Å². The first-order valence-electron chi connectivity index (χ1n) is 9.09. The molecule has 0 aliphatic carbocycles. The highest BCUT2D eigenvalue weighted by Gasteiger charge is 2.19. The maximum Gasteiger partial charge on any atom is 0.158 e. The number of nitrogens with two attached hydrogens (primary N) is 1. The first-order chi connectivity index (χ1) is 12.0. The summed E-state index contributed by atoms with van der Waals surface area (Å²) in [5, 5.41) is 5.95. The molecule has 0 radical (unpaired) electrons. The Labute approximate surface area is 149 Å². The minimum atomic E-state index is 0.472. The van der Waals surface area contributed by atoms with E-state index in [4.69, 9.17) is 15.8 Å². The van der Waals surface area contributed by atoms with E-state index in [0.29, 0.717) is 11.7 Å². The summed E-state index contributed by atoms with van der Waals surface area (Å²) in [6.45, 7) is 8.68. The van der Waals surface area contributed by atoms with Gasteiger partial charge in [0.1, 0.15) is 5.82 Å². The Kier molecular flexibility index (Phi) is 4.75. The Morgan fingerprint density at radius 2 is 1.88 bits per heavy atom. The third-order valence-electron chi connectivity index (χ3n) is 5.05. The molecular formula is C20H27N5. The second kappa shape index (κ2) is 6.82. The SMILES string of the molecule is CCc1cc(N)ncc1-c1nc2c(cc1C)c(C(CC)CC)nn2C. The third kappa shape index (κ3) is 2.99. The van der Waals surface area contributed by atoms with E-state index < -0.39 is 0 Å². The molecule has 0 fully saturated rings. The van der Waals surface area contributed by atoms with Crippen LogP contribution in [-0.4, -0.2) is 19.7 Å². The lowest BCUT2D eigenvalue weighted by molar-refractivity contribution is 0.608. The minimum Gasteiger partial charge on any atom is -0.384 e. The van der Waals surface area contributed by atoms with Crippen molar-refractivity contribution < 1.29 is 0 Å². The van der Waals surface area contributed by atoms with Crippen molar-refractivity contribution in [1.82, 2.24) is 19.7 Å². The summed E-state index contributed by atoms with van der Waals surface area (Å²) >= 11 is 0. The average Bonchev–Trinajstić information content (AvgIpc) is 2.91. The van der Waals surface area contributed by atoms with Gasteiger partial charge in [-0.2, -0.15) is 5.10 Å². The lowest BCUT2D eigenvalue weighted by Crippen LogP contribution is -2.00. The number of hydrogen-bond acceptors (Lipinski definition) is 4. The highest BCUT2D eigenvalue weighted by molar-refractivity contribution is 5.84. The van der Waals surface area contributed by atoms with Crippen LogP contribution in [0.2, 0.25) is 0 Å². The first-order valence-corrected chi connectivity index (χ1v) is 9.09. The zero-order chi connectivity index (χ0) is 18.1. The number of anilines is 1. The Hall–Kier alpha value is -2.43. The largest absolute Gasteiger partial charge is 0.384 e. The summed E-state index contributed by atoms with van der Waals surface area (Å²) in [5.41, 5.74) is 12.3. The van der Waals surface area contributed by atoms with E-state index in [1.165, 1.54) is 10.9 Å². The second-order valence-corrected chi connectivity index (χ2v) is 6.67. The fraction of sp³-hybridized carbons (Fsp3) is 0.450. The summed E-state index contributed by atoms with van der Waals surface area (Å²) in [6.07, 6.45) is 4.91. The molecule has 0 amide bonds. The van der Waals surface area contributed by atoms with E-state index in [2.05, 4.69) is 38.7 Å². The van der Waals surface area contributed by atoms with E-state index in [-0.39, 0.29) is 0 Å². The molecule has 0 aliphatic rings. The maximum absolute atomic E-state index is 5.86. The molecular weight excluding hydrogens is 310 g/mol. The zero-order valence-corrected chi connectivity index (χ0v) is 15.8. The number of rotatable bonds is 5. The summed E-state index contributed by atoms with van der Waals surface area (Å²) in [7, 11) is 1.97. The number of nitrogen functional groups attached to an aromatic ring is 1. The van der Waals surface area contributed by atoms with Crippen molar-refractivity contribution in [1.29, 1.82) is 0 Å². The smallest absolute Gasteiger partial charge is 0.158 e. The highest BCUT2D eigenvalue weighted by atomic mass is 15.3. The van der Waals surface area contributed by atoms with Gasteiger partial charge in [-0.05, 0) is 49.4 Å². The van der Waals surface area contributed by atoms with Crippen LogP contribution in [0.5, 0.6) is 0 Å². The monoisotopic (exact) mass is 337 g/mol. The summed E-state index contributed by atoms with van der Waals surface area (Å²) < 4.78 is 1.91. The molecule has 0 aromatic carbocycles. The molecule has 3 rings (SSSR count). The molecule has 0 bridgehead atoms. The molecule has 0 unspecified atom stereocenters. The van der Waals surface area contributed by atoms with Crippen LogP contribution >= 0.6 is 0 Å². The van der Waals surface area contributed by atoms with Crippen LogP contribution in [0.4, 0.5) is 5.82 Å². The Morgan fingerprint density at radius 3 is 2.52 bits per heavy atom. The highest BCUT2D eigenvalue weighted by Crippen LogP contribution is 2.33. The predicted octanol–water partition coefficient (Wildman–Crippen LogP) is 4.39. The number of pyridine rings is 2. The number of fused-ring (bicyclic) bond motifs is 1. The fourth-order valence-electron chi connectivity index (χ4n) is 3.57. The third-order valence-corrected chi connectivity index (χ3v) is 5.05. The van der Waals surface area contributed by atoms with Crippen molar-refractivity contribution in [2.45, 2.75) is 52.9 Å². The van der Waals surface area contributed by atoms with Crippen molar-refractivity contribution in [3.8, 4) is 11.3 Å². The van der Waals surface area contributed by atoms with Crippen molar-refractivity contribution in [2.75, 3.05) is 5.73 Å². The van der Waals surface area contributed by atoms with Crippen LogP contribution in [-0.2, 0) is 13.5 Å². The lowest BCUT2D eigenvalue weighted by atomic mass is 9.95. The van der Waals surface area contributed by atoms with Gasteiger partial charge < -0.3 is 5.73 Å². The van der Waals surface area contributed by atoms with Crippen LogP contribution in [0, 0.1) is 6.92 Å². The normalized spacial score (nSPS) is 11.6. The van der Waals surface area contributed by atoms with Crippen LogP contribution in [0.25, 0.3) is 22.3 Å². The van der Waals surface area contributed by atoms with Gasteiger partial charge >= 0.3 is 0 Å². The van der Waals surface area contributed by atoms with Crippen molar-refractivity contribution >= 4 is 16.9 Å². The molecule has 5 nitrogen and oxygen atoms in total. The molecule has 0 spiro atoms. The fourth-order valence-corrected chi connectivity index (χ4v) is 3.57. The summed E-state index contributed by atoms with van der Waals surface area (Å²) in [6, 6.07) is 4.17. The average molecular weight is 337 g/mol. The number of hydrogen-bond donors (Lipinski definition) is 1. The summed E-state index contributed by atoms with van der Waals surface area (Å²) in [5.74, 6) is 1.02. The molecule has 0 saturated carbocycles. The molecule has 3 aromatic rings. The van der Waals surface area contributed by atoms with Gasteiger partial charge in [-0.3, -0.25) is 4.68 Å². The molecule has 2 N–H and O–H groups in total. The Morgan fingerprint density at radius 1 is 1.16 bits per heavy atom. The van der Waals surface area contributed by atoms with Crippen molar-refractivity contribution in [3.63, 3.8) is 0 Å². The van der Waals surface area contributed by atoms with E-state index in [9.17, 15) is 0 Å². The van der Waals surface area contributed by atoms with E-state index in [1.807, 2.05) is 24.0 Å². The number of aryl methyl sites for hydroxylation is 3. The molecule has 0 aliphatic heterocycles. The molecule has 5 heteroatoms. The maximum atomic E-state index is 5.86. The van der Waals surface area contributed by atoms with Gasteiger partial charge in [0.25, 0.3) is 0 Å². The molecule has 0 atom stereocenters. The number of nitrogens with zero attached hydrogens (tertiary/aromatic N) is 4. The van der Waals surface area contributed by atoms with E-state index in [0.717, 1.165) is 47.4 Å². The van der Waals surface area contributed by atoms with E-state index >= 15 is 0 Å². The quantitative estimate of drug-likeness (QED) is 0.750. The Bertz CT molecular complexity index is 906. The molecule has 0 saturated heterocycles. The molecule has 3 aromatic heterocycles. The van der Waals surface area contributed by atoms with Gasteiger partial charge in [-0.25, -0.2) is 9.97 Å². The first kappa shape index (κ1) is 17.4. The number of aromatic nitrogens is 4. The Balaban J connectivity index is 2.23. The minimum absolute atomic E-state index is 0.472. The van der Waals surface area contributed by atoms with Gasteiger partial charge in [0.05, 0.1) is 11.4 Å². The second-order valence-electron chi connectivity index (χ2n) is 6.67.